The first-order chi connectivity index (χ1) is 12.2. The number of aliphatic hydroxyl groups is 1. The lowest BCUT2D eigenvalue weighted by Gasteiger charge is -2.36. The molecule has 0 saturated carbocycles. The van der Waals surface area contributed by atoms with E-state index in [0.29, 0.717) is 0 Å². The molecular weight excluding hydrogens is 334 g/mol. The first-order valence-electron chi connectivity index (χ1n) is 8.81. The molecular formula is C18H23N5OS. The van der Waals surface area contributed by atoms with Gasteiger partial charge in [-0.2, -0.15) is 0 Å². The zero-order valence-corrected chi connectivity index (χ0v) is 15.4. The summed E-state index contributed by atoms with van der Waals surface area (Å²) >= 11 is 1.66. The summed E-state index contributed by atoms with van der Waals surface area (Å²) in [7, 11) is 1.93. The van der Waals surface area contributed by atoms with Crippen LogP contribution in [0.3, 0.4) is 0 Å². The molecule has 7 heteroatoms. The van der Waals surface area contributed by atoms with Gasteiger partial charge in [-0.1, -0.05) is 6.92 Å². The van der Waals surface area contributed by atoms with Gasteiger partial charge in [-0.15, -0.1) is 11.3 Å². The third-order valence-electron chi connectivity index (χ3n) is 4.99. The largest absolute Gasteiger partial charge is 0.385 e. The number of thiophene rings is 1. The lowest BCUT2D eigenvalue weighted by Crippen LogP contribution is -2.39. The molecule has 0 amide bonds. The van der Waals surface area contributed by atoms with Crippen LogP contribution in [-0.4, -0.2) is 37.7 Å². The maximum absolute atomic E-state index is 10.8. The van der Waals surface area contributed by atoms with E-state index in [0.717, 1.165) is 60.0 Å². The Morgan fingerprint density at radius 2 is 2.28 bits per heavy atom. The second-order valence-corrected chi connectivity index (χ2v) is 7.54. The summed E-state index contributed by atoms with van der Waals surface area (Å²) in [5, 5.41) is 14.0. The molecule has 0 radical (unpaired) electrons. The van der Waals surface area contributed by atoms with E-state index < -0.39 is 6.10 Å². The first kappa shape index (κ1) is 16.5. The van der Waals surface area contributed by atoms with E-state index in [1.165, 1.54) is 0 Å². The molecule has 1 saturated heterocycles. The number of imidazole rings is 1. The molecule has 2 atom stereocenters. The van der Waals surface area contributed by atoms with Crippen molar-refractivity contribution >= 4 is 27.4 Å². The minimum atomic E-state index is -0.548. The van der Waals surface area contributed by atoms with E-state index in [4.69, 9.17) is 4.98 Å². The Bertz CT molecular complexity index is 873. The third kappa shape index (κ3) is 3.02. The van der Waals surface area contributed by atoms with E-state index in [1.54, 1.807) is 17.5 Å². The number of hydrogen-bond acceptors (Lipinski definition) is 6. The molecule has 3 aromatic heterocycles. The Hall–Kier alpha value is -1.99. The molecule has 0 aromatic carbocycles. The molecule has 0 bridgehead atoms. The fraction of sp³-hybridized carbons (Fsp3) is 0.500. The molecule has 4 rings (SSSR count). The van der Waals surface area contributed by atoms with Gasteiger partial charge >= 0.3 is 0 Å². The summed E-state index contributed by atoms with van der Waals surface area (Å²) in [6.45, 7) is 3.84. The highest BCUT2D eigenvalue weighted by Gasteiger charge is 2.30. The fourth-order valence-electron chi connectivity index (χ4n) is 3.61. The number of nitrogens with zero attached hydrogens (tertiary/aromatic N) is 5. The Labute approximate surface area is 151 Å². The average Bonchev–Trinajstić information content (AvgIpc) is 3.28. The molecule has 1 aliphatic rings. The Morgan fingerprint density at radius 1 is 1.40 bits per heavy atom. The minimum Gasteiger partial charge on any atom is -0.385 e. The molecule has 1 aliphatic heterocycles. The highest BCUT2D eigenvalue weighted by molar-refractivity contribution is 7.16. The van der Waals surface area contributed by atoms with Gasteiger partial charge in [0.05, 0.1) is 5.39 Å². The molecule has 132 valence electrons. The second-order valence-electron chi connectivity index (χ2n) is 6.65. The fourth-order valence-corrected chi connectivity index (χ4v) is 4.39. The SMILES string of the molecule is CCc1nc(N2CCCC(C(O)c3nccn3C)C2)c2ccsc2n1. The van der Waals surface area contributed by atoms with E-state index in [-0.39, 0.29) is 5.92 Å². The van der Waals surface area contributed by atoms with Crippen LogP contribution in [0.25, 0.3) is 10.2 Å². The first-order valence-corrected chi connectivity index (χ1v) is 9.69. The number of rotatable bonds is 4. The highest BCUT2D eigenvalue weighted by Crippen LogP contribution is 2.34. The highest BCUT2D eigenvalue weighted by atomic mass is 32.1. The minimum absolute atomic E-state index is 0.156. The van der Waals surface area contributed by atoms with Crippen LogP contribution in [0.15, 0.2) is 23.8 Å². The van der Waals surface area contributed by atoms with Crippen LogP contribution < -0.4 is 4.90 Å². The van der Waals surface area contributed by atoms with Gasteiger partial charge in [0.2, 0.25) is 0 Å². The molecule has 0 spiro atoms. The lowest BCUT2D eigenvalue weighted by molar-refractivity contribution is 0.0874. The van der Waals surface area contributed by atoms with Crippen LogP contribution in [0.4, 0.5) is 5.82 Å². The van der Waals surface area contributed by atoms with Gasteiger partial charge in [0.25, 0.3) is 0 Å². The van der Waals surface area contributed by atoms with Crippen molar-refractivity contribution in [2.24, 2.45) is 13.0 Å². The second kappa shape index (κ2) is 6.72. The predicted octanol–water partition coefficient (Wildman–Crippen LogP) is 2.94. The maximum Gasteiger partial charge on any atom is 0.141 e. The van der Waals surface area contributed by atoms with Gasteiger partial charge in [0.15, 0.2) is 0 Å². The van der Waals surface area contributed by atoms with E-state index >= 15 is 0 Å². The van der Waals surface area contributed by atoms with Crippen LogP contribution in [-0.2, 0) is 13.5 Å². The van der Waals surface area contributed by atoms with Gasteiger partial charge in [0, 0.05) is 44.9 Å². The number of aliphatic hydroxyl groups excluding tert-OH is 1. The quantitative estimate of drug-likeness (QED) is 0.778. The number of anilines is 1. The Kier molecular flexibility index (Phi) is 4.43. The summed E-state index contributed by atoms with van der Waals surface area (Å²) in [4.78, 5) is 17.1. The molecule has 1 fully saturated rings. The molecule has 6 nitrogen and oxygen atoms in total. The van der Waals surface area contributed by atoms with Crippen molar-refractivity contribution in [1.82, 2.24) is 19.5 Å². The number of aromatic nitrogens is 4. The molecule has 25 heavy (non-hydrogen) atoms. The summed E-state index contributed by atoms with van der Waals surface area (Å²) in [5.41, 5.74) is 0. The summed E-state index contributed by atoms with van der Waals surface area (Å²) in [6.07, 6.45) is 5.95. The van der Waals surface area contributed by atoms with Crippen molar-refractivity contribution in [2.45, 2.75) is 32.3 Å². The van der Waals surface area contributed by atoms with Crippen LogP contribution in [0.2, 0.25) is 0 Å². The number of hydrogen-bond donors (Lipinski definition) is 1. The molecule has 4 heterocycles. The van der Waals surface area contributed by atoms with Crippen LogP contribution in [0, 0.1) is 5.92 Å². The van der Waals surface area contributed by atoms with E-state index in [1.807, 2.05) is 17.8 Å². The molecule has 1 N–H and O–H groups in total. The summed E-state index contributed by atoms with van der Waals surface area (Å²) in [5.74, 6) is 2.80. The van der Waals surface area contributed by atoms with Gasteiger partial charge in [0.1, 0.15) is 28.4 Å². The van der Waals surface area contributed by atoms with Crippen molar-refractivity contribution in [3.8, 4) is 0 Å². The molecule has 3 aromatic rings. The third-order valence-corrected chi connectivity index (χ3v) is 5.80. The van der Waals surface area contributed by atoms with Crippen LogP contribution in [0.1, 0.15) is 37.5 Å². The number of fused-ring (bicyclic) bond motifs is 1. The molecule has 0 aliphatic carbocycles. The predicted molar refractivity (Wildman–Crippen MR) is 99.9 cm³/mol. The van der Waals surface area contributed by atoms with Gasteiger partial charge < -0.3 is 14.6 Å². The van der Waals surface area contributed by atoms with Gasteiger partial charge in [-0.3, -0.25) is 0 Å². The normalized spacial score (nSPS) is 19.5. The lowest BCUT2D eigenvalue weighted by atomic mass is 9.92. The zero-order chi connectivity index (χ0) is 17.4. The number of piperidine rings is 1. The Morgan fingerprint density at radius 3 is 3.04 bits per heavy atom. The zero-order valence-electron chi connectivity index (χ0n) is 14.6. The van der Waals surface area contributed by atoms with Gasteiger partial charge in [-0.05, 0) is 24.3 Å². The van der Waals surface area contributed by atoms with Gasteiger partial charge in [-0.25, -0.2) is 15.0 Å². The van der Waals surface area contributed by atoms with Crippen molar-refractivity contribution in [1.29, 1.82) is 0 Å². The topological polar surface area (TPSA) is 67.1 Å². The van der Waals surface area contributed by atoms with Crippen molar-refractivity contribution < 1.29 is 5.11 Å². The Balaban J connectivity index is 1.63. The summed E-state index contributed by atoms with van der Waals surface area (Å²) in [6, 6.07) is 2.10. The van der Waals surface area contributed by atoms with E-state index in [9.17, 15) is 5.11 Å². The smallest absolute Gasteiger partial charge is 0.141 e. The van der Waals surface area contributed by atoms with Crippen molar-refractivity contribution in [3.63, 3.8) is 0 Å². The maximum atomic E-state index is 10.8. The number of aryl methyl sites for hydroxylation is 2. The monoisotopic (exact) mass is 357 g/mol. The van der Waals surface area contributed by atoms with Crippen LogP contribution in [0.5, 0.6) is 0 Å². The average molecular weight is 357 g/mol. The standard InChI is InChI=1S/C18H23N5OS/c1-3-14-20-16(13-6-10-25-18(13)21-14)23-8-4-5-12(11-23)15(24)17-19-7-9-22(17)2/h6-7,9-10,12,15,24H,3-5,8,11H2,1-2H3. The van der Waals surface area contributed by atoms with E-state index in [2.05, 4.69) is 33.2 Å². The molecule has 2 unspecified atom stereocenters. The van der Waals surface area contributed by atoms with Crippen molar-refractivity contribution in [2.75, 3.05) is 18.0 Å². The van der Waals surface area contributed by atoms with Crippen molar-refractivity contribution in [3.05, 3.63) is 35.5 Å². The summed E-state index contributed by atoms with van der Waals surface area (Å²) < 4.78 is 1.90. The van der Waals surface area contributed by atoms with Crippen LogP contribution >= 0.6 is 11.3 Å².